The summed E-state index contributed by atoms with van der Waals surface area (Å²) >= 11 is 3.22. The van der Waals surface area contributed by atoms with Gasteiger partial charge in [0.05, 0.1) is 5.69 Å². The molecule has 0 saturated carbocycles. The number of aromatic nitrogens is 2. The number of nitrogen functional groups attached to an aromatic ring is 1. The molecule has 2 aromatic heterocycles. The van der Waals surface area contributed by atoms with E-state index in [1.54, 1.807) is 12.4 Å². The lowest BCUT2D eigenvalue weighted by Gasteiger charge is -2.09. The summed E-state index contributed by atoms with van der Waals surface area (Å²) in [6.45, 7) is 0.706. The lowest BCUT2D eigenvalue weighted by molar-refractivity contribution is 0.0958. The molecule has 1 unspecified atom stereocenters. The Morgan fingerprint density at radius 2 is 2.32 bits per heavy atom. The van der Waals surface area contributed by atoms with Crippen LogP contribution in [-0.2, 0) is 0 Å². The fourth-order valence-corrected chi connectivity index (χ4v) is 4.24. The van der Waals surface area contributed by atoms with Crippen LogP contribution in [0.25, 0.3) is 10.3 Å². The maximum atomic E-state index is 12.1. The first-order valence-corrected chi connectivity index (χ1v) is 8.01. The number of nitrogens with two attached hydrogens (primary N) is 1. The molecule has 3 heterocycles. The minimum absolute atomic E-state index is 0.116. The number of fused-ring (bicyclic) bond motifs is 1. The van der Waals surface area contributed by atoms with Gasteiger partial charge in [-0.15, -0.1) is 11.3 Å². The van der Waals surface area contributed by atoms with Crippen LogP contribution >= 0.6 is 23.1 Å². The number of hydrogen-bond donors (Lipinski definition) is 2. The molecule has 5 nitrogen and oxygen atoms in total. The third-order valence-electron chi connectivity index (χ3n) is 3.08. The van der Waals surface area contributed by atoms with E-state index in [0.29, 0.717) is 32.7 Å². The summed E-state index contributed by atoms with van der Waals surface area (Å²) in [6.07, 6.45) is 5.61. The highest BCUT2D eigenvalue weighted by molar-refractivity contribution is 8.00. The predicted molar refractivity (Wildman–Crippen MR) is 79.6 cm³/mol. The molecule has 0 aliphatic carbocycles. The summed E-state index contributed by atoms with van der Waals surface area (Å²) in [5.74, 6) is 1.08. The van der Waals surface area contributed by atoms with E-state index in [9.17, 15) is 4.79 Å². The van der Waals surface area contributed by atoms with Crippen molar-refractivity contribution in [1.82, 2.24) is 15.3 Å². The highest BCUT2D eigenvalue weighted by atomic mass is 32.2. The van der Waals surface area contributed by atoms with Crippen molar-refractivity contribution < 1.29 is 4.79 Å². The second kappa shape index (κ2) is 5.34. The minimum atomic E-state index is -0.116. The van der Waals surface area contributed by atoms with E-state index in [1.807, 2.05) is 11.8 Å². The van der Waals surface area contributed by atoms with Crippen molar-refractivity contribution in [3.63, 3.8) is 0 Å². The van der Waals surface area contributed by atoms with Gasteiger partial charge in [-0.2, -0.15) is 11.8 Å². The molecule has 1 atom stereocenters. The van der Waals surface area contributed by atoms with Gasteiger partial charge in [-0.3, -0.25) is 4.79 Å². The SMILES string of the molecule is Nc1c(C(=O)NCC2CCCS2)sc2nccnc12. The standard InChI is InChI=1S/C12H14N4OS2/c13-8-9-12(15-4-3-14-9)19-10(8)11(17)16-6-7-2-1-5-18-7/h3-4,7H,1-2,5-6,13H2,(H,16,17). The molecule has 0 aromatic carbocycles. The van der Waals surface area contributed by atoms with Crippen LogP contribution in [0.15, 0.2) is 12.4 Å². The number of thiophene rings is 1. The topological polar surface area (TPSA) is 80.9 Å². The lowest BCUT2D eigenvalue weighted by atomic mass is 10.2. The molecular weight excluding hydrogens is 280 g/mol. The number of rotatable bonds is 3. The summed E-state index contributed by atoms with van der Waals surface area (Å²) in [5, 5.41) is 3.50. The fraction of sp³-hybridized carbons (Fsp3) is 0.417. The van der Waals surface area contributed by atoms with Crippen molar-refractivity contribution in [1.29, 1.82) is 0 Å². The number of carbonyl (C=O) groups excluding carboxylic acids is 1. The first-order chi connectivity index (χ1) is 9.25. The maximum absolute atomic E-state index is 12.1. The van der Waals surface area contributed by atoms with Crippen molar-refractivity contribution in [2.45, 2.75) is 18.1 Å². The molecule has 1 aliphatic heterocycles. The molecule has 0 bridgehead atoms. The van der Waals surface area contributed by atoms with Crippen LogP contribution in [0.3, 0.4) is 0 Å². The van der Waals surface area contributed by atoms with Crippen molar-refractivity contribution in [3.8, 4) is 0 Å². The van der Waals surface area contributed by atoms with Gasteiger partial charge in [0, 0.05) is 24.2 Å². The zero-order chi connectivity index (χ0) is 13.2. The second-order valence-corrected chi connectivity index (χ2v) is 6.81. The van der Waals surface area contributed by atoms with Gasteiger partial charge in [-0.05, 0) is 18.6 Å². The second-order valence-electron chi connectivity index (χ2n) is 4.40. The summed E-state index contributed by atoms with van der Waals surface area (Å²) in [4.78, 5) is 21.7. The van der Waals surface area contributed by atoms with Gasteiger partial charge in [0.25, 0.3) is 5.91 Å². The van der Waals surface area contributed by atoms with E-state index < -0.39 is 0 Å². The fourth-order valence-electron chi connectivity index (χ4n) is 2.10. The molecule has 19 heavy (non-hydrogen) atoms. The predicted octanol–water partition coefficient (Wildman–Crippen LogP) is 1.90. The van der Waals surface area contributed by atoms with Gasteiger partial charge in [-0.1, -0.05) is 0 Å². The number of thioether (sulfide) groups is 1. The van der Waals surface area contributed by atoms with Gasteiger partial charge in [0.1, 0.15) is 15.2 Å². The summed E-state index contributed by atoms with van der Waals surface area (Å²) < 4.78 is 0. The van der Waals surface area contributed by atoms with Crippen LogP contribution in [0.2, 0.25) is 0 Å². The van der Waals surface area contributed by atoms with Crippen molar-refractivity contribution in [3.05, 3.63) is 17.3 Å². The number of hydrogen-bond acceptors (Lipinski definition) is 6. The molecular formula is C12H14N4OS2. The monoisotopic (exact) mass is 294 g/mol. The van der Waals surface area contributed by atoms with Crippen LogP contribution in [0.4, 0.5) is 5.69 Å². The summed E-state index contributed by atoms with van der Waals surface area (Å²) in [6, 6.07) is 0. The van der Waals surface area contributed by atoms with E-state index in [2.05, 4.69) is 15.3 Å². The number of anilines is 1. The van der Waals surface area contributed by atoms with Crippen molar-refractivity contribution >= 4 is 45.0 Å². The van der Waals surface area contributed by atoms with Crippen LogP contribution in [0, 0.1) is 0 Å². The highest BCUT2D eigenvalue weighted by Crippen LogP contribution is 2.30. The number of nitrogens with zero attached hydrogens (tertiary/aromatic N) is 2. The van der Waals surface area contributed by atoms with E-state index in [1.165, 1.54) is 29.9 Å². The molecule has 0 spiro atoms. The Bertz CT molecular complexity index is 607. The Morgan fingerprint density at radius 3 is 3.05 bits per heavy atom. The molecule has 2 aromatic rings. The largest absolute Gasteiger partial charge is 0.396 e. The molecule has 1 fully saturated rings. The van der Waals surface area contributed by atoms with Crippen LogP contribution in [-0.4, -0.2) is 33.4 Å². The maximum Gasteiger partial charge on any atom is 0.263 e. The molecule has 1 amide bonds. The van der Waals surface area contributed by atoms with Gasteiger partial charge in [-0.25, -0.2) is 9.97 Å². The van der Waals surface area contributed by atoms with E-state index in [0.717, 1.165) is 0 Å². The Kier molecular flexibility index (Phi) is 3.56. The summed E-state index contributed by atoms with van der Waals surface area (Å²) in [5.41, 5.74) is 7.02. The minimum Gasteiger partial charge on any atom is -0.396 e. The van der Waals surface area contributed by atoms with Gasteiger partial charge in [0.15, 0.2) is 0 Å². The lowest BCUT2D eigenvalue weighted by Crippen LogP contribution is -2.29. The van der Waals surface area contributed by atoms with Crippen LogP contribution < -0.4 is 11.1 Å². The molecule has 3 rings (SSSR count). The number of amides is 1. The van der Waals surface area contributed by atoms with Crippen LogP contribution in [0.5, 0.6) is 0 Å². The Hall–Kier alpha value is -1.34. The zero-order valence-corrected chi connectivity index (χ0v) is 11.9. The number of nitrogens with one attached hydrogen (secondary N) is 1. The molecule has 1 aliphatic rings. The molecule has 0 radical (unpaired) electrons. The first-order valence-electron chi connectivity index (χ1n) is 6.14. The van der Waals surface area contributed by atoms with Crippen molar-refractivity contribution in [2.75, 3.05) is 18.0 Å². The normalized spacial score (nSPS) is 18.8. The van der Waals surface area contributed by atoms with Gasteiger partial charge >= 0.3 is 0 Å². The van der Waals surface area contributed by atoms with Crippen LogP contribution in [0.1, 0.15) is 22.5 Å². The first kappa shape index (κ1) is 12.7. The highest BCUT2D eigenvalue weighted by Gasteiger charge is 2.20. The molecule has 100 valence electrons. The van der Waals surface area contributed by atoms with E-state index >= 15 is 0 Å². The number of carbonyl (C=O) groups is 1. The Labute approximate surface area is 119 Å². The smallest absolute Gasteiger partial charge is 0.263 e. The van der Waals surface area contributed by atoms with E-state index in [4.69, 9.17) is 5.73 Å². The quantitative estimate of drug-likeness (QED) is 0.903. The Balaban J connectivity index is 1.75. The Morgan fingerprint density at radius 1 is 1.47 bits per heavy atom. The average molecular weight is 294 g/mol. The van der Waals surface area contributed by atoms with Gasteiger partial charge in [0.2, 0.25) is 0 Å². The molecule has 7 heteroatoms. The van der Waals surface area contributed by atoms with Gasteiger partial charge < -0.3 is 11.1 Å². The van der Waals surface area contributed by atoms with E-state index in [-0.39, 0.29) is 5.91 Å². The summed E-state index contributed by atoms with van der Waals surface area (Å²) in [7, 11) is 0. The van der Waals surface area contributed by atoms with Crippen molar-refractivity contribution in [2.24, 2.45) is 0 Å². The average Bonchev–Trinajstić information content (AvgIpc) is 3.05. The molecule has 3 N–H and O–H groups in total. The third kappa shape index (κ3) is 2.52. The zero-order valence-electron chi connectivity index (χ0n) is 10.3. The molecule has 1 saturated heterocycles. The third-order valence-corrected chi connectivity index (χ3v) is 5.58.